The Bertz CT molecular complexity index is 2720. The number of amidine groups is 1. The highest BCUT2D eigenvalue weighted by molar-refractivity contribution is 6.15. The van der Waals surface area contributed by atoms with Gasteiger partial charge in [0.1, 0.15) is 70.3 Å². The normalized spacial score (nSPS) is 31.7. The van der Waals surface area contributed by atoms with Gasteiger partial charge >= 0.3 is 5.97 Å². The van der Waals surface area contributed by atoms with Gasteiger partial charge in [0.05, 0.1) is 30.5 Å². The van der Waals surface area contributed by atoms with Crippen LogP contribution in [0.15, 0.2) is 100.0 Å². The van der Waals surface area contributed by atoms with Crippen LogP contribution < -0.4 is 18.9 Å². The summed E-state index contributed by atoms with van der Waals surface area (Å²) in [5, 5.41) is 110. The standard InChI is InChI=1S/C49H50N4O15/c50-37-12-11-30(53-37)39(57)36(23-54)64-28-9-7-25(8-10-28)33-20-32(56)38-34(65-33)21-35(41(40(38)58)68-48(26-5-3-6-27(55)19-26)17-4-16-46(48)14-1-2-15-46)66-45-47(62)18-13-29(31-22-51-24-52-31)49(63,44(47)61)42(67-45)43(59)60/h3,5-13,18-21,24,29,33,36,39,42,44-45,50,54-58,61-63H,1-2,4,14-17,22-23H2,(H,59,60). The molecule has 10 rings (SSSR count). The zero-order valence-corrected chi connectivity index (χ0v) is 36.4. The number of phenolic OH excluding ortho intramolecular Hbond substituents is 2. The van der Waals surface area contributed by atoms with E-state index in [1.54, 1.807) is 36.4 Å². The number of aliphatic hydroxyl groups is 6. The molecule has 4 aliphatic heterocycles. The lowest BCUT2D eigenvalue weighted by molar-refractivity contribution is -0.337. The summed E-state index contributed by atoms with van der Waals surface area (Å²) in [6, 6.07) is 14.3. The molecule has 0 aromatic heterocycles. The lowest BCUT2D eigenvalue weighted by Crippen LogP contribution is -2.78. The number of aromatic hydroxyl groups is 2. The van der Waals surface area contributed by atoms with Crippen LogP contribution >= 0.6 is 0 Å². The number of benzene rings is 3. The first-order chi connectivity index (χ1) is 32.6. The second-order valence-corrected chi connectivity index (χ2v) is 18.3. The molecule has 68 heavy (non-hydrogen) atoms. The Balaban J connectivity index is 1.04. The van der Waals surface area contributed by atoms with Crippen molar-refractivity contribution in [1.29, 1.82) is 5.41 Å². The van der Waals surface area contributed by atoms with Crippen LogP contribution in [0.25, 0.3) is 5.76 Å². The van der Waals surface area contributed by atoms with Crippen LogP contribution in [0.1, 0.15) is 67.7 Å². The third-order valence-corrected chi connectivity index (χ3v) is 14.5. The second kappa shape index (κ2) is 16.9. The molecule has 10 N–H and O–H groups in total. The van der Waals surface area contributed by atoms with Gasteiger partial charge in [-0.1, -0.05) is 43.2 Å². The molecular weight excluding hydrogens is 885 g/mol. The Hall–Kier alpha value is -6.61. The fraction of sp³-hybridized carbons (Fsp3) is 0.408. The van der Waals surface area contributed by atoms with Gasteiger partial charge in [0.15, 0.2) is 29.3 Å². The number of hydrogen-bond donors (Lipinski definition) is 10. The minimum absolute atomic E-state index is 0.00282. The molecule has 19 heteroatoms. The molecule has 10 atom stereocenters. The molecule has 356 valence electrons. The number of carbonyl (C=O) groups is 1. The number of aliphatic imine (C=N–C) groups is 3. The van der Waals surface area contributed by atoms with Crippen molar-refractivity contribution in [3.05, 3.63) is 102 Å². The smallest absolute Gasteiger partial charge is 0.336 e. The maximum absolute atomic E-state index is 13.0. The van der Waals surface area contributed by atoms with E-state index in [2.05, 4.69) is 15.0 Å². The van der Waals surface area contributed by atoms with E-state index in [4.69, 9.17) is 29.1 Å². The van der Waals surface area contributed by atoms with Crippen molar-refractivity contribution >= 4 is 35.3 Å². The molecule has 0 amide bonds. The number of fused-ring (bicyclic) bond motifs is 3. The Morgan fingerprint density at radius 3 is 2.43 bits per heavy atom. The first-order valence-electron chi connectivity index (χ1n) is 22.4. The number of nitrogens with one attached hydrogen (secondary N) is 1. The Morgan fingerprint density at radius 1 is 0.985 bits per heavy atom. The summed E-state index contributed by atoms with van der Waals surface area (Å²) in [7, 11) is 0. The summed E-state index contributed by atoms with van der Waals surface area (Å²) in [6.45, 7) is -0.567. The quantitative estimate of drug-likeness (QED) is 0.109. The van der Waals surface area contributed by atoms with Crippen LogP contribution in [0.2, 0.25) is 0 Å². The van der Waals surface area contributed by atoms with Gasteiger partial charge in [0.25, 0.3) is 0 Å². The summed E-state index contributed by atoms with van der Waals surface area (Å²) in [5.41, 5.74) is -5.66. The average Bonchev–Trinajstić information content (AvgIpc) is 4.17. The lowest BCUT2D eigenvalue weighted by Gasteiger charge is -2.56. The van der Waals surface area contributed by atoms with Gasteiger partial charge in [-0.25, -0.2) is 14.8 Å². The van der Waals surface area contributed by atoms with Crippen LogP contribution in [-0.2, 0) is 15.1 Å². The number of phenols is 2. The minimum Gasteiger partial charge on any atom is -0.508 e. The van der Waals surface area contributed by atoms with E-state index in [-0.39, 0.29) is 58.1 Å². The lowest BCUT2D eigenvalue weighted by atomic mass is 9.64. The molecule has 3 aromatic carbocycles. The second-order valence-electron chi connectivity index (χ2n) is 18.3. The molecule has 0 radical (unpaired) electrons. The minimum atomic E-state index is -2.66. The summed E-state index contributed by atoms with van der Waals surface area (Å²) in [5.74, 6) is -4.64. The van der Waals surface area contributed by atoms with E-state index in [0.717, 1.165) is 44.6 Å². The maximum atomic E-state index is 13.0. The highest BCUT2D eigenvalue weighted by Crippen LogP contribution is 2.65. The van der Waals surface area contributed by atoms with Crippen LogP contribution in [0.5, 0.6) is 34.5 Å². The predicted molar refractivity (Wildman–Crippen MR) is 242 cm³/mol. The van der Waals surface area contributed by atoms with Gasteiger partial charge in [-0.3, -0.25) is 10.4 Å². The van der Waals surface area contributed by atoms with Crippen molar-refractivity contribution in [2.24, 2.45) is 26.3 Å². The number of nitrogens with zero attached hydrogens (tertiary/aromatic N) is 3. The Morgan fingerprint density at radius 2 is 1.75 bits per heavy atom. The van der Waals surface area contributed by atoms with Crippen LogP contribution in [0.3, 0.4) is 0 Å². The van der Waals surface area contributed by atoms with Gasteiger partial charge in [-0.15, -0.1) is 0 Å². The number of aliphatic carboxylic acids is 1. The monoisotopic (exact) mass is 934 g/mol. The first-order valence-corrected chi connectivity index (χ1v) is 22.4. The van der Waals surface area contributed by atoms with E-state index < -0.39 is 89.0 Å². The molecule has 2 bridgehead atoms. The van der Waals surface area contributed by atoms with Crippen molar-refractivity contribution < 1.29 is 74.4 Å². The van der Waals surface area contributed by atoms with E-state index in [1.165, 1.54) is 42.8 Å². The largest absolute Gasteiger partial charge is 0.508 e. The molecule has 3 aliphatic carbocycles. The topological polar surface area (TPSA) is 306 Å². The summed E-state index contributed by atoms with van der Waals surface area (Å²) < 4.78 is 31.8. The van der Waals surface area contributed by atoms with Crippen LogP contribution in [0, 0.1) is 16.7 Å². The van der Waals surface area contributed by atoms with E-state index in [1.807, 2.05) is 6.07 Å². The Labute approximate surface area is 388 Å². The van der Waals surface area contributed by atoms with Gasteiger partial charge < -0.3 is 69.6 Å². The maximum Gasteiger partial charge on any atom is 0.336 e. The molecule has 3 aromatic rings. The predicted octanol–water partition coefficient (Wildman–Crippen LogP) is 3.92. The number of aliphatic hydroxyl groups excluding tert-OH is 4. The number of carboxylic acid groups (broad SMARTS) is 1. The summed E-state index contributed by atoms with van der Waals surface area (Å²) in [4.78, 5) is 25.1. The number of ether oxygens (including phenoxy) is 5. The van der Waals surface area contributed by atoms with Gasteiger partial charge in [0, 0.05) is 17.6 Å². The number of rotatable bonds is 13. The highest BCUT2D eigenvalue weighted by Gasteiger charge is 2.70. The molecule has 2 saturated carbocycles. The zero-order valence-electron chi connectivity index (χ0n) is 36.4. The van der Waals surface area contributed by atoms with Gasteiger partial charge in [-0.2, -0.15) is 0 Å². The van der Waals surface area contributed by atoms with Crippen molar-refractivity contribution in [1.82, 2.24) is 0 Å². The molecule has 4 heterocycles. The Kier molecular flexibility index (Phi) is 11.2. The zero-order chi connectivity index (χ0) is 47.8. The molecule has 1 spiro atoms. The van der Waals surface area contributed by atoms with Crippen molar-refractivity contribution in [3.63, 3.8) is 0 Å². The van der Waals surface area contributed by atoms with Gasteiger partial charge in [-0.05, 0) is 85.7 Å². The van der Waals surface area contributed by atoms with Crippen LogP contribution in [-0.4, -0.2) is 131 Å². The SMILES string of the molecule is N=C1C=CC(C(O)C(CO)Oc2ccc(C3C=C(O)c4c(cc(OC5OC(C(=O)O)C6(O)C(C7=NC=NC7)C=CC5(O)C6O)c(OC5(c6cccc(O)c6)CCCC56CCCC6)c4O)O3)cc2)=N1. The first kappa shape index (κ1) is 45.2. The molecule has 1 saturated heterocycles. The fourth-order valence-electron chi connectivity index (χ4n) is 11.2. The van der Waals surface area contributed by atoms with Crippen molar-refractivity contribution in [2.45, 2.75) is 98.6 Å². The van der Waals surface area contributed by atoms with E-state index >= 15 is 0 Å². The van der Waals surface area contributed by atoms with E-state index in [9.17, 15) is 50.8 Å². The van der Waals surface area contributed by atoms with Crippen molar-refractivity contribution in [2.75, 3.05) is 13.2 Å². The van der Waals surface area contributed by atoms with Gasteiger partial charge in [0.2, 0.25) is 12.0 Å². The van der Waals surface area contributed by atoms with E-state index in [0.29, 0.717) is 17.5 Å². The molecule has 10 unspecified atom stereocenters. The number of carboxylic acids is 1. The summed E-state index contributed by atoms with van der Waals surface area (Å²) >= 11 is 0. The average molecular weight is 935 g/mol. The molecule has 19 nitrogen and oxygen atoms in total. The molecule has 7 aliphatic rings. The van der Waals surface area contributed by atoms with Crippen molar-refractivity contribution in [3.8, 4) is 34.5 Å². The highest BCUT2D eigenvalue weighted by atomic mass is 16.7. The molecule has 3 fully saturated rings. The molecular formula is C49H50N4O15. The fourth-order valence-corrected chi connectivity index (χ4v) is 11.2. The number of hydrogen-bond acceptors (Lipinski definition) is 17. The van der Waals surface area contributed by atoms with Crippen LogP contribution in [0.4, 0.5) is 0 Å². The third-order valence-electron chi connectivity index (χ3n) is 14.5. The summed E-state index contributed by atoms with van der Waals surface area (Å²) in [6.07, 6.45) is 3.13. The third kappa shape index (κ3) is 7.14.